The second kappa shape index (κ2) is 5.12. The lowest BCUT2D eigenvalue weighted by Crippen LogP contribution is -2.31. The van der Waals surface area contributed by atoms with Crippen molar-refractivity contribution < 1.29 is 4.74 Å². The van der Waals surface area contributed by atoms with Gasteiger partial charge in [0.25, 0.3) is 0 Å². The topological polar surface area (TPSA) is 39.1 Å². The Morgan fingerprint density at radius 3 is 2.79 bits per heavy atom. The van der Waals surface area contributed by atoms with Crippen molar-refractivity contribution in [2.75, 3.05) is 13.7 Å². The molecule has 0 fully saturated rings. The minimum absolute atomic E-state index is 0.131. The molecule has 0 radical (unpaired) electrons. The maximum absolute atomic E-state index is 5.56. The minimum Gasteiger partial charge on any atom is -0.377 e. The van der Waals surface area contributed by atoms with Gasteiger partial charge in [-0.05, 0) is 20.9 Å². The largest absolute Gasteiger partial charge is 0.377 e. The third-order valence-corrected chi connectivity index (χ3v) is 2.35. The summed E-state index contributed by atoms with van der Waals surface area (Å²) in [6.07, 6.45) is 3.88. The van der Waals surface area contributed by atoms with Crippen LogP contribution in [0.3, 0.4) is 0 Å². The van der Waals surface area contributed by atoms with Gasteiger partial charge >= 0.3 is 0 Å². The molecular weight excluding hydrogens is 178 g/mol. The third kappa shape index (κ3) is 2.33. The number of imidazole rings is 1. The average Bonchev–Trinajstić information content (AvgIpc) is 2.54. The average molecular weight is 197 g/mol. The number of ether oxygens (including phenoxy) is 1. The molecule has 0 amide bonds. The molecule has 0 aliphatic carbocycles. The molecule has 1 aromatic rings. The van der Waals surface area contributed by atoms with Crippen molar-refractivity contribution in [3.8, 4) is 0 Å². The first-order valence-electron chi connectivity index (χ1n) is 4.96. The Morgan fingerprint density at radius 2 is 2.36 bits per heavy atom. The van der Waals surface area contributed by atoms with Crippen LogP contribution in [0.2, 0.25) is 0 Å². The zero-order valence-corrected chi connectivity index (χ0v) is 9.32. The molecule has 0 aromatic carbocycles. The summed E-state index contributed by atoms with van der Waals surface area (Å²) in [4.78, 5) is 4.31. The van der Waals surface area contributed by atoms with Crippen molar-refractivity contribution in [3.63, 3.8) is 0 Å². The van der Waals surface area contributed by atoms with Gasteiger partial charge in [0.05, 0.1) is 12.1 Å². The van der Waals surface area contributed by atoms with Gasteiger partial charge in [0.1, 0.15) is 5.82 Å². The van der Waals surface area contributed by atoms with Crippen molar-refractivity contribution in [2.24, 2.45) is 7.05 Å². The second-order valence-electron chi connectivity index (χ2n) is 3.32. The monoisotopic (exact) mass is 197 g/mol. The van der Waals surface area contributed by atoms with Crippen LogP contribution >= 0.6 is 0 Å². The Labute approximate surface area is 85.3 Å². The van der Waals surface area contributed by atoms with E-state index in [1.54, 1.807) is 6.20 Å². The first-order valence-corrected chi connectivity index (χ1v) is 4.96. The maximum Gasteiger partial charge on any atom is 0.128 e. The Balaban J connectivity index is 2.76. The van der Waals surface area contributed by atoms with Gasteiger partial charge in [-0.2, -0.15) is 0 Å². The van der Waals surface area contributed by atoms with E-state index in [4.69, 9.17) is 4.74 Å². The van der Waals surface area contributed by atoms with Crippen LogP contribution < -0.4 is 5.32 Å². The maximum atomic E-state index is 5.56. The normalized spacial score (nSPS) is 15.4. The van der Waals surface area contributed by atoms with Crippen molar-refractivity contribution in [2.45, 2.75) is 26.0 Å². The first kappa shape index (κ1) is 11.2. The highest BCUT2D eigenvalue weighted by Gasteiger charge is 2.20. The van der Waals surface area contributed by atoms with Crippen LogP contribution in [0.1, 0.15) is 25.7 Å². The van der Waals surface area contributed by atoms with E-state index < -0.39 is 0 Å². The fourth-order valence-corrected chi connectivity index (χ4v) is 1.61. The van der Waals surface area contributed by atoms with Crippen molar-refractivity contribution in [3.05, 3.63) is 18.2 Å². The smallest absolute Gasteiger partial charge is 0.128 e. The lowest BCUT2D eigenvalue weighted by atomic mass is 10.1. The number of hydrogen-bond acceptors (Lipinski definition) is 3. The van der Waals surface area contributed by atoms with E-state index in [0.717, 1.165) is 12.4 Å². The van der Waals surface area contributed by atoms with E-state index in [1.165, 1.54) is 0 Å². The molecule has 2 atom stereocenters. The second-order valence-corrected chi connectivity index (χ2v) is 3.32. The Hall–Kier alpha value is -0.870. The Kier molecular flexibility index (Phi) is 4.10. The molecule has 14 heavy (non-hydrogen) atoms. The van der Waals surface area contributed by atoms with Crippen LogP contribution in [0.15, 0.2) is 12.4 Å². The highest BCUT2D eigenvalue weighted by Crippen LogP contribution is 2.16. The summed E-state index contributed by atoms with van der Waals surface area (Å²) in [7, 11) is 3.92. The van der Waals surface area contributed by atoms with Gasteiger partial charge in [-0.25, -0.2) is 4.98 Å². The van der Waals surface area contributed by atoms with Crippen LogP contribution in [-0.4, -0.2) is 29.3 Å². The summed E-state index contributed by atoms with van der Waals surface area (Å²) in [6.45, 7) is 4.78. The molecule has 80 valence electrons. The van der Waals surface area contributed by atoms with E-state index in [9.17, 15) is 0 Å². The number of hydrogen-bond donors (Lipinski definition) is 1. The molecule has 0 aliphatic heterocycles. The van der Waals surface area contributed by atoms with Crippen LogP contribution in [0.25, 0.3) is 0 Å². The van der Waals surface area contributed by atoms with Gasteiger partial charge < -0.3 is 14.6 Å². The predicted octanol–water partition coefficient (Wildman–Crippen LogP) is 1.11. The van der Waals surface area contributed by atoms with Gasteiger partial charge in [-0.1, -0.05) is 0 Å². The van der Waals surface area contributed by atoms with Gasteiger partial charge in [-0.3, -0.25) is 0 Å². The molecule has 4 nitrogen and oxygen atoms in total. The SMILES string of the molecule is CCOC(C)C(NC)c1nccn1C. The molecule has 0 saturated carbocycles. The number of likely N-dealkylation sites (N-methyl/N-ethyl adjacent to an activating group) is 1. The number of nitrogens with zero attached hydrogens (tertiary/aromatic N) is 2. The molecule has 1 heterocycles. The molecule has 4 heteroatoms. The summed E-state index contributed by atoms with van der Waals surface area (Å²) in [5.41, 5.74) is 0. The van der Waals surface area contributed by atoms with E-state index in [2.05, 4.69) is 17.2 Å². The van der Waals surface area contributed by atoms with Gasteiger partial charge in [0.15, 0.2) is 0 Å². The lowest BCUT2D eigenvalue weighted by Gasteiger charge is -2.22. The Bertz CT molecular complexity index is 272. The molecule has 0 bridgehead atoms. The molecule has 1 N–H and O–H groups in total. The Morgan fingerprint density at radius 1 is 1.64 bits per heavy atom. The van der Waals surface area contributed by atoms with Crippen LogP contribution in [-0.2, 0) is 11.8 Å². The summed E-state index contributed by atoms with van der Waals surface area (Å²) in [5.74, 6) is 1.01. The highest BCUT2D eigenvalue weighted by atomic mass is 16.5. The molecular formula is C10H19N3O. The summed E-state index contributed by atoms with van der Waals surface area (Å²) < 4.78 is 7.57. The molecule has 1 rings (SSSR count). The number of aryl methyl sites for hydroxylation is 1. The lowest BCUT2D eigenvalue weighted by molar-refractivity contribution is 0.0463. The van der Waals surface area contributed by atoms with E-state index in [0.29, 0.717) is 0 Å². The van der Waals surface area contributed by atoms with Crippen LogP contribution in [0.5, 0.6) is 0 Å². The fraction of sp³-hybridized carbons (Fsp3) is 0.700. The van der Waals surface area contributed by atoms with E-state index >= 15 is 0 Å². The number of aromatic nitrogens is 2. The molecule has 1 aromatic heterocycles. The zero-order chi connectivity index (χ0) is 10.6. The molecule has 2 unspecified atom stereocenters. The first-order chi connectivity index (χ1) is 6.70. The molecule has 0 saturated heterocycles. The highest BCUT2D eigenvalue weighted by molar-refractivity contribution is 5.00. The van der Waals surface area contributed by atoms with Crippen LogP contribution in [0, 0.1) is 0 Å². The van der Waals surface area contributed by atoms with E-state index in [1.807, 2.05) is 31.8 Å². The molecule has 0 spiro atoms. The van der Waals surface area contributed by atoms with Crippen molar-refractivity contribution in [1.29, 1.82) is 0 Å². The quantitative estimate of drug-likeness (QED) is 0.768. The van der Waals surface area contributed by atoms with Crippen LogP contribution in [0.4, 0.5) is 0 Å². The van der Waals surface area contributed by atoms with Gasteiger partial charge in [0, 0.05) is 26.0 Å². The van der Waals surface area contributed by atoms with E-state index in [-0.39, 0.29) is 12.1 Å². The predicted molar refractivity (Wildman–Crippen MR) is 56.1 cm³/mol. The standard InChI is InChI=1S/C10H19N3O/c1-5-14-8(2)9(11-3)10-12-6-7-13(10)4/h6-9,11H,5H2,1-4H3. The summed E-state index contributed by atoms with van der Waals surface area (Å²) >= 11 is 0. The number of nitrogens with one attached hydrogen (secondary N) is 1. The zero-order valence-electron chi connectivity index (χ0n) is 9.32. The summed E-state index contributed by atoms with van der Waals surface area (Å²) in [5, 5.41) is 3.22. The van der Waals surface area contributed by atoms with Crippen molar-refractivity contribution >= 4 is 0 Å². The fourth-order valence-electron chi connectivity index (χ4n) is 1.61. The summed E-state index contributed by atoms with van der Waals surface area (Å²) in [6, 6.07) is 0.148. The van der Waals surface area contributed by atoms with Gasteiger partial charge in [-0.15, -0.1) is 0 Å². The molecule has 0 aliphatic rings. The van der Waals surface area contributed by atoms with Gasteiger partial charge in [0.2, 0.25) is 0 Å². The number of rotatable bonds is 5. The van der Waals surface area contributed by atoms with Crippen molar-refractivity contribution in [1.82, 2.24) is 14.9 Å². The third-order valence-electron chi connectivity index (χ3n) is 2.35. The minimum atomic E-state index is 0.131.